The van der Waals surface area contributed by atoms with Gasteiger partial charge in [0.1, 0.15) is 7.28 Å². The van der Waals surface area contributed by atoms with Gasteiger partial charge in [0.25, 0.3) is 0 Å². The third kappa shape index (κ3) is 27.8. The van der Waals surface area contributed by atoms with Crippen LogP contribution < -0.4 is 16.0 Å². The number of allylic oxidation sites excluding steroid dienone is 8. The summed E-state index contributed by atoms with van der Waals surface area (Å²) in [5, 5.41) is 51.9. The van der Waals surface area contributed by atoms with Crippen molar-refractivity contribution in [3.8, 4) is 33.1 Å². The molecule has 0 fully saturated rings. The van der Waals surface area contributed by atoms with Crippen LogP contribution in [0.2, 0.25) is 0 Å². The van der Waals surface area contributed by atoms with Gasteiger partial charge < -0.3 is 49.8 Å². The van der Waals surface area contributed by atoms with E-state index in [9.17, 15) is 24.0 Å². The largest absolute Gasteiger partial charge is 0.686 e. The molecule has 587 valence electrons. The van der Waals surface area contributed by atoms with Gasteiger partial charge in [-0.05, 0) is 113 Å². The number of aromatic nitrogens is 3. The fraction of sp³-hybridized carbons (Fsp3) is 0.118. The van der Waals surface area contributed by atoms with Crippen molar-refractivity contribution in [1.82, 2.24) is 15.0 Å². The Kier molecular flexibility index (Phi) is 38.2. The summed E-state index contributed by atoms with van der Waals surface area (Å²) >= 11 is 1.72. The molecule has 0 saturated heterocycles. The molecule has 0 spiro atoms. The quantitative estimate of drug-likeness (QED) is 0.0346. The van der Waals surface area contributed by atoms with Crippen LogP contribution in [-0.4, -0.2) is 79.9 Å². The van der Waals surface area contributed by atoms with Crippen molar-refractivity contribution in [2.45, 2.75) is 61.3 Å². The number of nitrogens with zero attached hydrogens (tertiary/aromatic N) is 5. The molecule has 1 aliphatic heterocycles. The number of carbonyl (C=O) groups is 4. The Hall–Kier alpha value is -10.8. The Morgan fingerprint density at radius 1 is 0.500 bits per heavy atom. The molecule has 5 radical (unpaired) electrons. The molecule has 15 aromatic rings. The maximum Gasteiger partial charge on any atom is 0.249 e. The van der Waals surface area contributed by atoms with Gasteiger partial charge in [0, 0.05) is 152 Å². The van der Waals surface area contributed by atoms with Crippen molar-refractivity contribution in [1.29, 1.82) is 0 Å². The number of thiazole rings is 1. The zero-order chi connectivity index (χ0) is 78.8. The van der Waals surface area contributed by atoms with Crippen LogP contribution in [0.1, 0.15) is 66.9 Å². The summed E-state index contributed by atoms with van der Waals surface area (Å²) in [6.07, 6.45) is 8.46. The number of aliphatic hydroxyl groups excluding tert-OH is 4. The van der Waals surface area contributed by atoms with Gasteiger partial charge in [-0.2, -0.15) is 11.3 Å². The normalized spacial score (nSPS) is 11.7. The van der Waals surface area contributed by atoms with E-state index in [0.29, 0.717) is 11.1 Å². The fourth-order valence-electron chi connectivity index (χ4n) is 11.5. The van der Waals surface area contributed by atoms with Crippen LogP contribution in [0.4, 0.5) is 11.4 Å². The monoisotopic (exact) mass is 2240 g/mol. The number of para-hydroxylation sites is 2. The molecule has 0 aliphatic carbocycles. The van der Waals surface area contributed by atoms with Gasteiger partial charge in [-0.25, -0.2) is 0 Å². The number of aliphatic hydroxyl groups is 4. The summed E-state index contributed by atoms with van der Waals surface area (Å²) in [5.41, 5.74) is 9.75. The number of hydrogen-bond acceptors (Lipinski definition) is 15. The molecule has 16 rings (SSSR count). The number of hydrogen-bond donors (Lipinski definition) is 4. The predicted molar refractivity (Wildman–Crippen MR) is 450 cm³/mol. The number of rotatable bonds is 9. The second kappa shape index (κ2) is 46.4. The van der Waals surface area contributed by atoms with Crippen LogP contribution in [0.5, 0.6) is 0 Å². The van der Waals surface area contributed by atoms with Crippen molar-refractivity contribution in [2.75, 3.05) is 19.0 Å². The number of anilines is 1. The third-order valence-electron chi connectivity index (χ3n) is 16.1. The summed E-state index contributed by atoms with van der Waals surface area (Å²) < 4.78 is 6.72. The van der Waals surface area contributed by atoms with E-state index in [1.54, 1.807) is 11.3 Å². The van der Waals surface area contributed by atoms with Crippen molar-refractivity contribution in [3.63, 3.8) is 0 Å². The first-order chi connectivity index (χ1) is 52.9. The van der Waals surface area contributed by atoms with Crippen LogP contribution in [0.15, 0.2) is 306 Å². The van der Waals surface area contributed by atoms with Gasteiger partial charge >= 0.3 is 0 Å². The van der Waals surface area contributed by atoms with Gasteiger partial charge in [0.2, 0.25) is 5.63 Å². The van der Waals surface area contributed by atoms with E-state index < -0.39 is 0 Å². The van der Waals surface area contributed by atoms with Gasteiger partial charge in [-0.3, -0.25) is 24.2 Å². The second-order valence-corrected chi connectivity index (χ2v) is 26.6. The summed E-state index contributed by atoms with van der Waals surface area (Å²) in [6, 6.07) is 93.2. The van der Waals surface area contributed by atoms with Crippen molar-refractivity contribution < 1.29 is 124 Å². The molecule has 5 heterocycles. The number of ketones is 4. The van der Waals surface area contributed by atoms with E-state index >= 15 is 0 Å². The van der Waals surface area contributed by atoms with Crippen LogP contribution >= 0.6 is 11.3 Å². The molecule has 0 amide bonds. The summed E-state index contributed by atoms with van der Waals surface area (Å²) in [6.45, 7) is 11.4. The fourth-order valence-corrected chi connectivity index (χ4v) is 12.4. The number of pyridine rings is 2. The molecule has 11 aromatic carbocycles. The minimum Gasteiger partial charge on any atom is -0.686 e. The summed E-state index contributed by atoms with van der Waals surface area (Å²) in [4.78, 5) is 68.3. The molecule has 4 aromatic heterocycles. The van der Waals surface area contributed by atoms with Gasteiger partial charge in [-0.1, -0.05) is 192 Å². The van der Waals surface area contributed by atoms with Gasteiger partial charge in [-0.15, -0.1) is 122 Å². The number of fused-ring (bicyclic) bond motifs is 8. The predicted octanol–water partition coefficient (Wildman–Crippen LogP) is 21.5. The average molecular weight is 2240 g/mol. The Labute approximate surface area is 722 Å². The Morgan fingerprint density at radius 2 is 0.974 bits per heavy atom. The van der Waals surface area contributed by atoms with Crippen molar-refractivity contribution in [3.05, 3.63) is 342 Å². The zero-order valence-corrected chi connectivity index (χ0v) is 74.2. The number of carbonyl (C=O) groups excluding carboxylic acids is 4. The molecule has 0 saturated carbocycles. The van der Waals surface area contributed by atoms with E-state index in [4.69, 9.17) is 29.8 Å². The topological polar surface area (TPSA) is 235 Å². The van der Waals surface area contributed by atoms with E-state index in [1.807, 2.05) is 124 Å². The third-order valence-corrected chi connectivity index (χ3v) is 17.2. The zero-order valence-electron chi connectivity index (χ0n) is 63.9. The Morgan fingerprint density at radius 3 is 1.51 bits per heavy atom. The number of benzene rings is 11. The van der Waals surface area contributed by atoms with Crippen LogP contribution in [-0.2, 0) is 99.6 Å². The first-order valence-corrected chi connectivity index (χ1v) is 35.8. The molecule has 1 atom stereocenters. The first-order valence-electron chi connectivity index (χ1n) is 35.0. The summed E-state index contributed by atoms with van der Waals surface area (Å²) in [7, 11) is 5.86. The minimum atomic E-state index is -0.383. The molecule has 1 aliphatic rings. The maximum absolute atomic E-state index is 12.4. The minimum absolute atomic E-state index is 0. The molecule has 0 bridgehead atoms. The average Bonchev–Trinajstić information content (AvgIpc) is 1.41. The van der Waals surface area contributed by atoms with Crippen LogP contribution in [0.25, 0.3) is 113 Å². The van der Waals surface area contributed by atoms with Crippen molar-refractivity contribution >= 4 is 134 Å². The Bertz CT molecular complexity index is 5650. The van der Waals surface area contributed by atoms with Crippen LogP contribution in [0, 0.1) is 24.3 Å². The Balaban J connectivity index is 0.000000242. The molecule has 15 nitrogen and oxygen atoms in total. The standard InChI is InChI=1S/2C19H12N.C18H14BN2O2.C17H10NS.4C5H8O2.4Ir/c1-2-8-16-13-20-19(12-15(16)7-1)18-11-5-9-14-6-3-4-10-17(14)18;1-2-7-16-13-17(10-9-14(16)5-1)19-18-8-4-3-6-15(18)11-12-20-19;1-21(2)12-8-7-11-9-13(18(22)23-16(11)10-12)17-19-14-5-3-4-6-15(14)20-17;1-2-8-13-12(6-1)7-5-9-14(13)17-18-15-10-3-4-11-16(15)19-17;4*1-4(6)3-5(2)7;;;;/h1-10,12-13H;1-9,11-13H;3-8,10,17H,1-2H3;1-8,10-11H;4*3,6H,1-2H3;;;;/q2*-1;-2;-1;;;;;;;;. The van der Waals surface area contributed by atoms with Crippen LogP contribution in [0.3, 0.4) is 0 Å². The molecular weight excluding hydrogens is 2160 g/mol. The molecular formula is C93H80BIr4N5O10S-5. The van der Waals surface area contributed by atoms with E-state index in [0.717, 1.165) is 66.2 Å². The molecule has 21 heteroatoms. The SMILES string of the molecule is CC(=O)C=C(C)O.CC(=O)C=C(C)O.CC(=O)C=C(C)O.CC(=O)C=C(C)O.CN(C)c1ccc2[c-]c(C3[B]c4ccccc4[N-]3)c(=O)oc2c1.[Ir].[Ir].[Ir].[Ir].[c-]1cc2ccccc2cc1-c1nccc2ccccc12.[c-]1ccc2ccccc2c1-c1cc2ccccc2cn1.[c-]1ccc2ccccc2c1-c1nc2ccccc2s1. The van der Waals surface area contributed by atoms with E-state index in [-0.39, 0.29) is 138 Å². The first kappa shape index (κ1) is 93.8. The molecule has 1 unspecified atom stereocenters. The summed E-state index contributed by atoms with van der Waals surface area (Å²) in [5.74, 6) is -0.582. The van der Waals surface area contributed by atoms with Gasteiger partial charge in [0.05, 0.1) is 28.6 Å². The molecule has 114 heavy (non-hydrogen) atoms. The van der Waals surface area contributed by atoms with E-state index in [2.05, 4.69) is 191 Å². The smallest absolute Gasteiger partial charge is 0.249 e. The maximum atomic E-state index is 12.4. The van der Waals surface area contributed by atoms with Gasteiger partial charge in [0.15, 0.2) is 23.1 Å². The van der Waals surface area contributed by atoms with Crippen molar-refractivity contribution in [2.24, 2.45) is 0 Å². The molecule has 4 N–H and O–H groups in total. The van der Waals surface area contributed by atoms with E-state index in [1.165, 1.54) is 133 Å². The second-order valence-electron chi connectivity index (χ2n) is 25.5.